The molecule has 2 rings (SSSR count). The maximum absolute atomic E-state index is 8.88. The second-order valence-corrected chi connectivity index (χ2v) is 4.68. The first-order valence-corrected chi connectivity index (χ1v) is 6.53. The Balaban J connectivity index is 2.09. The molecule has 20 heavy (non-hydrogen) atoms. The highest BCUT2D eigenvalue weighted by Gasteiger charge is 2.06. The lowest BCUT2D eigenvalue weighted by molar-refractivity contribution is 0.230. The first kappa shape index (κ1) is 13.9. The number of anilines is 1. The first-order chi connectivity index (χ1) is 9.69. The van der Waals surface area contributed by atoms with Crippen molar-refractivity contribution in [2.24, 2.45) is 0 Å². The molecule has 0 aliphatic carbocycles. The van der Waals surface area contributed by atoms with E-state index in [1.807, 2.05) is 44.2 Å². The van der Waals surface area contributed by atoms with Gasteiger partial charge in [0, 0.05) is 24.0 Å². The van der Waals surface area contributed by atoms with E-state index in [1.165, 1.54) is 0 Å². The summed E-state index contributed by atoms with van der Waals surface area (Å²) in [4.78, 5) is 4.25. The number of rotatable bonds is 5. The van der Waals surface area contributed by atoms with Gasteiger partial charge in [-0.15, -0.1) is 0 Å². The number of aromatic nitrogens is 1. The predicted octanol–water partition coefficient (Wildman–Crippen LogP) is 3.35. The molecule has 0 atom stereocenters. The van der Waals surface area contributed by atoms with Gasteiger partial charge in [-0.2, -0.15) is 5.26 Å². The number of benzene rings is 1. The van der Waals surface area contributed by atoms with Gasteiger partial charge in [0.1, 0.15) is 0 Å². The van der Waals surface area contributed by atoms with Crippen LogP contribution in [0.1, 0.15) is 25.0 Å². The Bertz CT molecular complexity index is 617. The van der Waals surface area contributed by atoms with E-state index in [9.17, 15) is 0 Å². The summed E-state index contributed by atoms with van der Waals surface area (Å²) < 4.78 is 5.68. The number of nitriles is 1. The molecule has 4 heteroatoms. The molecule has 0 radical (unpaired) electrons. The van der Waals surface area contributed by atoms with Gasteiger partial charge in [0.2, 0.25) is 5.88 Å². The average molecular weight is 267 g/mol. The van der Waals surface area contributed by atoms with Crippen LogP contribution in [0.25, 0.3) is 0 Å². The maximum Gasteiger partial charge on any atom is 0.218 e. The normalized spacial score (nSPS) is 10.1. The fourth-order valence-electron chi connectivity index (χ4n) is 1.78. The van der Waals surface area contributed by atoms with Crippen LogP contribution in [0.5, 0.6) is 5.88 Å². The van der Waals surface area contributed by atoms with Crippen LogP contribution in [-0.2, 0) is 6.54 Å². The lowest BCUT2D eigenvalue weighted by Crippen LogP contribution is -2.10. The summed E-state index contributed by atoms with van der Waals surface area (Å²) in [5.41, 5.74) is 2.53. The van der Waals surface area contributed by atoms with Crippen LogP contribution in [0.15, 0.2) is 42.6 Å². The van der Waals surface area contributed by atoms with Gasteiger partial charge in [-0.1, -0.05) is 12.1 Å². The van der Waals surface area contributed by atoms with Crippen molar-refractivity contribution < 1.29 is 4.74 Å². The molecule has 0 saturated carbocycles. The Morgan fingerprint density at radius 1 is 1.30 bits per heavy atom. The highest BCUT2D eigenvalue weighted by Crippen LogP contribution is 2.18. The molecule has 0 fully saturated rings. The lowest BCUT2D eigenvalue weighted by Gasteiger charge is -2.13. The molecule has 1 heterocycles. The molecule has 0 aliphatic rings. The summed E-state index contributed by atoms with van der Waals surface area (Å²) in [7, 11) is 0. The summed E-state index contributed by atoms with van der Waals surface area (Å²) >= 11 is 0. The molecule has 2 aromatic rings. The van der Waals surface area contributed by atoms with E-state index in [0.717, 1.165) is 11.3 Å². The predicted molar refractivity (Wildman–Crippen MR) is 78.5 cm³/mol. The zero-order valence-corrected chi connectivity index (χ0v) is 11.6. The molecule has 0 amide bonds. The van der Waals surface area contributed by atoms with Crippen molar-refractivity contribution in [2.45, 2.75) is 26.5 Å². The zero-order chi connectivity index (χ0) is 14.4. The number of hydrogen-bond acceptors (Lipinski definition) is 4. The van der Waals surface area contributed by atoms with Gasteiger partial charge in [0.25, 0.3) is 0 Å². The molecule has 1 aromatic carbocycles. The molecule has 0 bridgehead atoms. The van der Waals surface area contributed by atoms with Crippen molar-refractivity contribution >= 4 is 5.69 Å². The van der Waals surface area contributed by atoms with Crippen molar-refractivity contribution in [3.63, 3.8) is 0 Å². The summed E-state index contributed by atoms with van der Waals surface area (Å²) in [5.74, 6) is 0.645. The van der Waals surface area contributed by atoms with Crippen LogP contribution >= 0.6 is 0 Å². The van der Waals surface area contributed by atoms with Crippen molar-refractivity contribution in [2.75, 3.05) is 5.32 Å². The van der Waals surface area contributed by atoms with E-state index in [0.29, 0.717) is 18.0 Å². The molecule has 102 valence electrons. The molecule has 1 N–H and O–H groups in total. The second-order valence-electron chi connectivity index (χ2n) is 4.68. The van der Waals surface area contributed by atoms with Gasteiger partial charge in [-0.05, 0) is 38.1 Å². The molecule has 1 aromatic heterocycles. The largest absolute Gasteiger partial charge is 0.475 e. The van der Waals surface area contributed by atoms with E-state index < -0.39 is 0 Å². The fraction of sp³-hybridized carbons (Fsp3) is 0.250. The third-order valence-electron chi connectivity index (χ3n) is 2.67. The van der Waals surface area contributed by atoms with Gasteiger partial charge in [0.05, 0.1) is 17.7 Å². The SMILES string of the molecule is CC(C)Oc1ncccc1CNc1cccc(C#N)c1. The van der Waals surface area contributed by atoms with Gasteiger partial charge >= 0.3 is 0 Å². The summed E-state index contributed by atoms with van der Waals surface area (Å²) in [6.45, 7) is 4.55. The second kappa shape index (κ2) is 6.58. The third-order valence-corrected chi connectivity index (χ3v) is 2.67. The van der Waals surface area contributed by atoms with Gasteiger partial charge < -0.3 is 10.1 Å². The highest BCUT2D eigenvalue weighted by molar-refractivity contribution is 5.49. The summed E-state index contributed by atoms with van der Waals surface area (Å²) in [6, 6.07) is 13.4. The van der Waals surface area contributed by atoms with Crippen LogP contribution in [0.4, 0.5) is 5.69 Å². The topological polar surface area (TPSA) is 57.9 Å². The standard InChI is InChI=1S/C16H17N3O/c1-12(2)20-16-14(6-4-8-18-16)11-19-15-7-3-5-13(9-15)10-17/h3-9,12,19H,11H2,1-2H3. The van der Waals surface area contributed by atoms with Gasteiger partial charge in [0.15, 0.2) is 0 Å². The smallest absolute Gasteiger partial charge is 0.218 e. The minimum absolute atomic E-state index is 0.0885. The van der Waals surface area contributed by atoms with Crippen molar-refractivity contribution in [3.8, 4) is 11.9 Å². The van der Waals surface area contributed by atoms with E-state index >= 15 is 0 Å². The zero-order valence-electron chi connectivity index (χ0n) is 11.6. The van der Waals surface area contributed by atoms with E-state index in [4.69, 9.17) is 10.00 Å². The summed E-state index contributed by atoms with van der Waals surface area (Å²) in [6.07, 6.45) is 1.81. The van der Waals surface area contributed by atoms with E-state index in [-0.39, 0.29) is 6.10 Å². The summed E-state index contributed by atoms with van der Waals surface area (Å²) in [5, 5.41) is 12.2. The van der Waals surface area contributed by atoms with E-state index in [2.05, 4.69) is 16.4 Å². The molecule has 0 unspecified atom stereocenters. The molecule has 0 aliphatic heterocycles. The number of ether oxygens (including phenoxy) is 1. The Morgan fingerprint density at radius 3 is 2.90 bits per heavy atom. The minimum Gasteiger partial charge on any atom is -0.475 e. The Labute approximate surface area is 119 Å². The third kappa shape index (κ3) is 3.72. The van der Waals surface area contributed by atoms with Crippen molar-refractivity contribution in [1.82, 2.24) is 4.98 Å². The Morgan fingerprint density at radius 2 is 2.15 bits per heavy atom. The highest BCUT2D eigenvalue weighted by atomic mass is 16.5. The van der Waals surface area contributed by atoms with Gasteiger partial charge in [-0.3, -0.25) is 0 Å². The maximum atomic E-state index is 8.88. The Hall–Kier alpha value is -2.54. The van der Waals surface area contributed by atoms with Crippen LogP contribution < -0.4 is 10.1 Å². The number of pyridine rings is 1. The molecule has 4 nitrogen and oxygen atoms in total. The molecular formula is C16H17N3O. The quantitative estimate of drug-likeness (QED) is 0.902. The number of hydrogen-bond donors (Lipinski definition) is 1. The average Bonchev–Trinajstić information content (AvgIpc) is 2.46. The lowest BCUT2D eigenvalue weighted by atomic mass is 10.2. The van der Waals surface area contributed by atoms with Crippen LogP contribution in [0, 0.1) is 11.3 Å². The first-order valence-electron chi connectivity index (χ1n) is 6.53. The van der Waals surface area contributed by atoms with Gasteiger partial charge in [-0.25, -0.2) is 4.98 Å². The molecule has 0 spiro atoms. The number of nitrogens with zero attached hydrogens (tertiary/aromatic N) is 2. The van der Waals surface area contributed by atoms with Crippen LogP contribution in [0.3, 0.4) is 0 Å². The van der Waals surface area contributed by atoms with Crippen molar-refractivity contribution in [3.05, 3.63) is 53.7 Å². The fourth-order valence-corrected chi connectivity index (χ4v) is 1.78. The van der Waals surface area contributed by atoms with E-state index in [1.54, 1.807) is 12.3 Å². The monoisotopic (exact) mass is 267 g/mol. The van der Waals surface area contributed by atoms with Crippen LogP contribution in [0.2, 0.25) is 0 Å². The molecular weight excluding hydrogens is 250 g/mol. The Kier molecular flexibility index (Phi) is 4.56. The minimum atomic E-state index is 0.0885. The van der Waals surface area contributed by atoms with Crippen molar-refractivity contribution in [1.29, 1.82) is 5.26 Å². The number of nitrogens with one attached hydrogen (secondary N) is 1. The molecule has 0 saturated heterocycles. The van der Waals surface area contributed by atoms with Crippen LogP contribution in [-0.4, -0.2) is 11.1 Å².